The van der Waals surface area contributed by atoms with E-state index in [1.807, 2.05) is 0 Å². The summed E-state index contributed by atoms with van der Waals surface area (Å²) in [6, 6.07) is 7.72. The van der Waals surface area contributed by atoms with Crippen molar-refractivity contribution in [2.75, 3.05) is 0 Å². The minimum atomic E-state index is -0.841. The average Bonchev–Trinajstić information content (AvgIpc) is 3.01. The fraction of sp³-hybridized carbons (Fsp3) is 0.231. The van der Waals surface area contributed by atoms with Crippen LogP contribution >= 0.6 is 0 Å². The SMILES string of the molecule is O=C(O)C1(c2ccn(-c3cccc(F)c3)n2)CC1. The van der Waals surface area contributed by atoms with Crippen molar-refractivity contribution >= 4 is 5.97 Å². The van der Waals surface area contributed by atoms with E-state index in [2.05, 4.69) is 5.10 Å². The first kappa shape index (κ1) is 11.0. The van der Waals surface area contributed by atoms with Gasteiger partial charge in [-0.25, -0.2) is 9.07 Å². The van der Waals surface area contributed by atoms with Crippen LogP contribution in [0.15, 0.2) is 36.5 Å². The van der Waals surface area contributed by atoms with Crippen LogP contribution in [-0.4, -0.2) is 20.9 Å². The zero-order valence-corrected chi connectivity index (χ0v) is 9.51. The van der Waals surface area contributed by atoms with E-state index in [0.717, 1.165) is 0 Å². The summed E-state index contributed by atoms with van der Waals surface area (Å²) in [4.78, 5) is 11.2. The molecule has 0 atom stereocenters. The Morgan fingerprint density at radius 2 is 2.17 bits per heavy atom. The average molecular weight is 246 g/mol. The zero-order valence-electron chi connectivity index (χ0n) is 9.51. The number of benzene rings is 1. The van der Waals surface area contributed by atoms with Crippen LogP contribution in [0.1, 0.15) is 18.5 Å². The van der Waals surface area contributed by atoms with Crippen LogP contribution in [0.5, 0.6) is 0 Å². The highest BCUT2D eigenvalue weighted by molar-refractivity contribution is 5.84. The van der Waals surface area contributed by atoms with Crippen molar-refractivity contribution in [3.05, 3.63) is 48.0 Å². The van der Waals surface area contributed by atoms with Gasteiger partial charge in [0.1, 0.15) is 11.2 Å². The number of carboxylic acids is 1. The van der Waals surface area contributed by atoms with Gasteiger partial charge in [0.05, 0.1) is 11.4 Å². The van der Waals surface area contributed by atoms with E-state index >= 15 is 0 Å². The molecule has 1 aliphatic carbocycles. The zero-order chi connectivity index (χ0) is 12.8. The van der Waals surface area contributed by atoms with Crippen molar-refractivity contribution in [1.29, 1.82) is 0 Å². The number of halogens is 1. The van der Waals surface area contributed by atoms with Crippen molar-refractivity contribution in [3.8, 4) is 5.69 Å². The molecule has 1 saturated carbocycles. The quantitative estimate of drug-likeness (QED) is 0.902. The van der Waals surface area contributed by atoms with Crippen molar-refractivity contribution < 1.29 is 14.3 Å². The molecule has 0 saturated heterocycles. The summed E-state index contributed by atoms with van der Waals surface area (Å²) in [7, 11) is 0. The number of aromatic nitrogens is 2. The summed E-state index contributed by atoms with van der Waals surface area (Å²) in [5.41, 5.74) is 0.306. The molecule has 0 bridgehead atoms. The molecular weight excluding hydrogens is 235 g/mol. The largest absolute Gasteiger partial charge is 0.481 e. The van der Waals surface area contributed by atoms with Crippen molar-refractivity contribution in [2.24, 2.45) is 0 Å². The number of hydrogen-bond acceptors (Lipinski definition) is 2. The fourth-order valence-corrected chi connectivity index (χ4v) is 2.05. The van der Waals surface area contributed by atoms with Gasteiger partial charge >= 0.3 is 5.97 Å². The highest BCUT2D eigenvalue weighted by Gasteiger charge is 2.53. The van der Waals surface area contributed by atoms with Gasteiger partial charge in [-0.2, -0.15) is 5.10 Å². The lowest BCUT2D eigenvalue weighted by molar-refractivity contribution is -0.140. The van der Waals surface area contributed by atoms with E-state index in [1.54, 1.807) is 24.4 Å². The molecule has 18 heavy (non-hydrogen) atoms. The van der Waals surface area contributed by atoms with Crippen LogP contribution in [-0.2, 0) is 10.2 Å². The predicted octanol–water partition coefficient (Wildman–Crippen LogP) is 2.13. The number of carbonyl (C=O) groups is 1. The van der Waals surface area contributed by atoms with E-state index in [9.17, 15) is 14.3 Å². The third kappa shape index (κ3) is 1.59. The van der Waals surface area contributed by atoms with E-state index in [0.29, 0.717) is 24.2 Å². The first-order valence-corrected chi connectivity index (χ1v) is 5.67. The molecular formula is C13H11FN2O2. The molecule has 0 unspecified atom stereocenters. The van der Waals surface area contributed by atoms with E-state index in [4.69, 9.17) is 0 Å². The van der Waals surface area contributed by atoms with Gasteiger partial charge in [0, 0.05) is 6.20 Å². The molecule has 0 radical (unpaired) electrons. The topological polar surface area (TPSA) is 55.1 Å². The van der Waals surface area contributed by atoms with Gasteiger partial charge in [-0.15, -0.1) is 0 Å². The van der Waals surface area contributed by atoms with Crippen LogP contribution in [0.3, 0.4) is 0 Å². The molecule has 5 heteroatoms. The van der Waals surface area contributed by atoms with Crippen LogP contribution < -0.4 is 0 Å². The summed E-state index contributed by atoms with van der Waals surface area (Å²) >= 11 is 0. The predicted molar refractivity (Wildman–Crippen MR) is 62.1 cm³/mol. The molecule has 0 spiro atoms. The summed E-state index contributed by atoms with van der Waals surface area (Å²) in [6.45, 7) is 0. The maximum Gasteiger partial charge on any atom is 0.315 e. The monoisotopic (exact) mass is 246 g/mol. The molecule has 2 aromatic rings. The van der Waals surface area contributed by atoms with Crippen molar-refractivity contribution in [2.45, 2.75) is 18.3 Å². The molecule has 3 rings (SSSR count). The van der Waals surface area contributed by atoms with Gasteiger partial charge in [0.2, 0.25) is 0 Å². The minimum absolute atomic E-state index is 0.344. The first-order chi connectivity index (χ1) is 8.62. The maximum absolute atomic E-state index is 13.1. The molecule has 1 aromatic heterocycles. The third-order valence-electron chi connectivity index (χ3n) is 3.31. The first-order valence-electron chi connectivity index (χ1n) is 5.67. The summed E-state index contributed by atoms with van der Waals surface area (Å²) in [5.74, 6) is -1.18. The number of aliphatic carboxylic acids is 1. The summed E-state index contributed by atoms with van der Waals surface area (Å²) in [6.07, 6.45) is 2.89. The lowest BCUT2D eigenvalue weighted by Gasteiger charge is -2.05. The number of carboxylic acid groups (broad SMARTS) is 1. The maximum atomic E-state index is 13.1. The normalized spacial score (nSPS) is 16.5. The minimum Gasteiger partial charge on any atom is -0.481 e. The summed E-state index contributed by atoms with van der Waals surface area (Å²) in [5, 5.41) is 13.4. The molecule has 0 amide bonds. The van der Waals surface area contributed by atoms with Gasteiger partial charge < -0.3 is 5.11 Å². The Balaban J connectivity index is 1.98. The number of hydrogen-bond donors (Lipinski definition) is 1. The van der Waals surface area contributed by atoms with E-state index < -0.39 is 11.4 Å². The van der Waals surface area contributed by atoms with Crippen molar-refractivity contribution in [3.63, 3.8) is 0 Å². The van der Waals surface area contributed by atoms with Gasteiger partial charge in [-0.1, -0.05) is 6.07 Å². The van der Waals surface area contributed by atoms with Gasteiger partial charge in [0.15, 0.2) is 0 Å². The van der Waals surface area contributed by atoms with Gasteiger partial charge in [-0.3, -0.25) is 4.79 Å². The second-order valence-electron chi connectivity index (χ2n) is 4.51. The lowest BCUT2D eigenvalue weighted by Crippen LogP contribution is -2.20. The Morgan fingerprint density at radius 3 is 2.78 bits per heavy atom. The second-order valence-corrected chi connectivity index (χ2v) is 4.51. The molecule has 1 heterocycles. The molecule has 0 aliphatic heterocycles. The molecule has 1 aromatic carbocycles. The van der Waals surface area contributed by atoms with Crippen LogP contribution in [0.2, 0.25) is 0 Å². The molecule has 1 fully saturated rings. The number of rotatable bonds is 3. The lowest BCUT2D eigenvalue weighted by atomic mass is 10.0. The summed E-state index contributed by atoms with van der Waals surface area (Å²) < 4.78 is 14.6. The molecule has 1 N–H and O–H groups in total. The second kappa shape index (κ2) is 3.66. The number of nitrogens with zero attached hydrogens (tertiary/aromatic N) is 2. The van der Waals surface area contributed by atoms with Crippen LogP contribution in [0.25, 0.3) is 5.69 Å². The molecule has 4 nitrogen and oxygen atoms in total. The standard InChI is InChI=1S/C13H11FN2O2/c14-9-2-1-3-10(8-9)16-7-4-11(15-16)13(5-6-13)12(17)18/h1-4,7-8H,5-6H2,(H,17,18). The van der Waals surface area contributed by atoms with Gasteiger partial charge in [-0.05, 0) is 37.1 Å². The molecule has 1 aliphatic rings. The van der Waals surface area contributed by atoms with Gasteiger partial charge in [0.25, 0.3) is 0 Å². The Labute approximate surface area is 103 Å². The van der Waals surface area contributed by atoms with Crippen LogP contribution in [0.4, 0.5) is 4.39 Å². The molecule has 92 valence electrons. The van der Waals surface area contributed by atoms with Crippen molar-refractivity contribution in [1.82, 2.24) is 9.78 Å². The van der Waals surface area contributed by atoms with E-state index in [-0.39, 0.29) is 5.82 Å². The Bertz CT molecular complexity index is 617. The third-order valence-corrected chi connectivity index (χ3v) is 3.31. The smallest absolute Gasteiger partial charge is 0.315 e. The van der Waals surface area contributed by atoms with Crippen LogP contribution in [0, 0.1) is 5.82 Å². The fourth-order valence-electron chi connectivity index (χ4n) is 2.05. The van der Waals surface area contributed by atoms with E-state index in [1.165, 1.54) is 16.8 Å². The Kier molecular flexibility index (Phi) is 2.23. The Hall–Kier alpha value is -2.17. The Morgan fingerprint density at radius 1 is 1.39 bits per heavy atom. The highest BCUT2D eigenvalue weighted by Crippen LogP contribution is 2.47. The highest BCUT2D eigenvalue weighted by atomic mass is 19.1.